The molecule has 0 heterocycles. The second-order valence-corrected chi connectivity index (χ2v) is 9.76. The van der Waals surface area contributed by atoms with Crippen molar-refractivity contribution >= 4 is 30.0 Å². The molecule has 0 aliphatic heterocycles. The molecule has 1 rings (SSSR count). The maximum atomic E-state index is 11.4. The largest absolute Gasteiger partial charge is 0.544 e. The zero-order valence-electron chi connectivity index (χ0n) is 9.43. The number of ketones is 1. The number of benzene rings is 1. The molecule has 0 aliphatic carbocycles. The van der Waals surface area contributed by atoms with Crippen LogP contribution in [0.15, 0.2) is 22.7 Å². The molecular weight excluding hydrogens is 272 g/mol. The highest BCUT2D eigenvalue weighted by atomic mass is 79.9. The molecule has 0 aliphatic rings. The average molecular weight is 287 g/mol. The monoisotopic (exact) mass is 286 g/mol. The van der Waals surface area contributed by atoms with E-state index in [1.165, 1.54) is 0 Å². The third-order valence-corrected chi connectivity index (χ3v) is 3.06. The van der Waals surface area contributed by atoms with Crippen LogP contribution in [0.1, 0.15) is 17.3 Å². The van der Waals surface area contributed by atoms with Crippen LogP contribution in [0.2, 0.25) is 19.6 Å². The Bertz CT molecular complexity index is 383. The van der Waals surface area contributed by atoms with Gasteiger partial charge in [0.2, 0.25) is 8.32 Å². The van der Waals surface area contributed by atoms with Gasteiger partial charge in [0.15, 0.2) is 5.78 Å². The van der Waals surface area contributed by atoms with Crippen molar-refractivity contribution in [2.24, 2.45) is 0 Å². The van der Waals surface area contributed by atoms with E-state index in [-0.39, 0.29) is 5.78 Å². The summed E-state index contributed by atoms with van der Waals surface area (Å²) in [5, 5.41) is 0. The highest BCUT2D eigenvalue weighted by molar-refractivity contribution is 9.10. The summed E-state index contributed by atoms with van der Waals surface area (Å²) < 4.78 is 6.79. The molecule has 0 bridgehead atoms. The van der Waals surface area contributed by atoms with Crippen LogP contribution in [0.4, 0.5) is 0 Å². The van der Waals surface area contributed by atoms with Gasteiger partial charge in [-0.15, -0.1) is 0 Å². The predicted octanol–water partition coefficient (Wildman–Crippen LogP) is 3.87. The van der Waals surface area contributed by atoms with Crippen LogP contribution in [0, 0.1) is 0 Å². The molecule has 0 N–H and O–H groups in total. The van der Waals surface area contributed by atoms with Crippen LogP contribution in [0.5, 0.6) is 5.75 Å². The maximum absolute atomic E-state index is 11.4. The predicted molar refractivity (Wildman–Crippen MR) is 68.1 cm³/mol. The molecule has 0 fully saturated rings. The van der Waals surface area contributed by atoms with Crippen molar-refractivity contribution in [3.05, 3.63) is 28.2 Å². The fraction of sp³-hybridized carbons (Fsp3) is 0.364. The first-order valence-electron chi connectivity index (χ1n) is 4.79. The minimum absolute atomic E-state index is 0.0377. The summed E-state index contributed by atoms with van der Waals surface area (Å²) in [6, 6.07) is 5.50. The fourth-order valence-electron chi connectivity index (χ4n) is 1.20. The molecule has 0 unspecified atom stereocenters. The lowest BCUT2D eigenvalue weighted by molar-refractivity contribution is 0.101. The lowest BCUT2D eigenvalue weighted by Crippen LogP contribution is -2.30. The average Bonchev–Trinajstić information content (AvgIpc) is 1.99. The van der Waals surface area contributed by atoms with E-state index >= 15 is 0 Å². The van der Waals surface area contributed by atoms with Gasteiger partial charge in [0, 0.05) is 4.47 Å². The molecule has 4 heteroatoms. The Kier molecular flexibility index (Phi) is 3.73. The van der Waals surface area contributed by atoms with Gasteiger partial charge in [-0.2, -0.15) is 0 Å². The maximum Gasteiger partial charge on any atom is 0.242 e. The molecule has 15 heavy (non-hydrogen) atoms. The highest BCUT2D eigenvalue weighted by Gasteiger charge is 2.19. The Morgan fingerprint density at radius 1 is 1.33 bits per heavy atom. The summed E-state index contributed by atoms with van der Waals surface area (Å²) in [4.78, 5) is 11.4. The normalized spacial score (nSPS) is 11.3. The Hall–Kier alpha value is -0.613. The van der Waals surface area contributed by atoms with Crippen LogP contribution in [0.3, 0.4) is 0 Å². The first-order chi connectivity index (χ1) is 6.79. The third kappa shape index (κ3) is 3.79. The summed E-state index contributed by atoms with van der Waals surface area (Å²) >= 11 is 3.38. The van der Waals surface area contributed by atoms with E-state index in [0.717, 1.165) is 4.47 Å². The summed E-state index contributed by atoms with van der Waals surface area (Å²) in [6.07, 6.45) is 0. The van der Waals surface area contributed by atoms with E-state index in [1.54, 1.807) is 13.0 Å². The summed E-state index contributed by atoms with van der Waals surface area (Å²) in [6.45, 7) is 7.84. The second-order valence-electron chi connectivity index (χ2n) is 4.41. The Morgan fingerprint density at radius 2 is 1.93 bits per heavy atom. The number of halogens is 1. The number of hydrogen-bond donors (Lipinski definition) is 0. The zero-order valence-corrected chi connectivity index (χ0v) is 12.0. The molecule has 82 valence electrons. The standard InChI is InChI=1S/C11H15BrO2Si/c1-8(13)10-6-5-9(12)7-11(10)14-15(2,3)4/h5-7H,1-4H3. The molecule has 1 aromatic rings. The minimum Gasteiger partial charge on any atom is -0.544 e. The third-order valence-electron chi connectivity index (χ3n) is 1.74. The van der Waals surface area contributed by atoms with Gasteiger partial charge in [-0.05, 0) is 44.8 Å². The second kappa shape index (κ2) is 4.49. The highest BCUT2D eigenvalue weighted by Crippen LogP contribution is 2.26. The summed E-state index contributed by atoms with van der Waals surface area (Å²) in [5.74, 6) is 0.729. The fourth-order valence-corrected chi connectivity index (χ4v) is 2.37. The molecule has 0 aromatic heterocycles. The van der Waals surface area contributed by atoms with E-state index in [2.05, 4.69) is 35.6 Å². The van der Waals surface area contributed by atoms with Gasteiger partial charge in [0.05, 0.1) is 5.56 Å². The van der Waals surface area contributed by atoms with Crippen molar-refractivity contribution in [1.29, 1.82) is 0 Å². The first kappa shape index (κ1) is 12.5. The van der Waals surface area contributed by atoms with E-state index in [0.29, 0.717) is 11.3 Å². The summed E-state index contributed by atoms with van der Waals surface area (Å²) in [7, 11) is -1.67. The smallest absolute Gasteiger partial charge is 0.242 e. The van der Waals surface area contributed by atoms with Gasteiger partial charge in [0.1, 0.15) is 5.75 Å². The Balaban J connectivity index is 3.13. The molecule has 0 saturated heterocycles. The minimum atomic E-state index is -1.67. The number of carbonyl (C=O) groups excluding carboxylic acids is 1. The number of rotatable bonds is 3. The van der Waals surface area contributed by atoms with E-state index in [4.69, 9.17) is 4.43 Å². The molecule has 0 radical (unpaired) electrons. The quantitative estimate of drug-likeness (QED) is 0.623. The number of carbonyl (C=O) groups is 1. The molecule has 2 nitrogen and oxygen atoms in total. The molecule has 0 spiro atoms. The van der Waals surface area contributed by atoms with Crippen molar-refractivity contribution < 1.29 is 9.22 Å². The number of Topliss-reactive ketones (excluding diaryl/α,β-unsaturated/α-hetero) is 1. The van der Waals surface area contributed by atoms with Gasteiger partial charge in [-0.3, -0.25) is 4.79 Å². The van der Waals surface area contributed by atoms with E-state index in [9.17, 15) is 4.79 Å². The molecule has 0 saturated carbocycles. The van der Waals surface area contributed by atoms with Crippen LogP contribution in [-0.4, -0.2) is 14.1 Å². The van der Waals surface area contributed by atoms with Gasteiger partial charge < -0.3 is 4.43 Å². The van der Waals surface area contributed by atoms with Crippen LogP contribution in [0.25, 0.3) is 0 Å². The van der Waals surface area contributed by atoms with Crippen molar-refractivity contribution in [1.82, 2.24) is 0 Å². The van der Waals surface area contributed by atoms with Gasteiger partial charge in [-0.25, -0.2) is 0 Å². The van der Waals surface area contributed by atoms with Gasteiger partial charge in [-0.1, -0.05) is 15.9 Å². The van der Waals surface area contributed by atoms with Crippen molar-refractivity contribution in [3.8, 4) is 5.75 Å². The first-order valence-corrected chi connectivity index (χ1v) is 8.99. The van der Waals surface area contributed by atoms with Gasteiger partial charge >= 0.3 is 0 Å². The van der Waals surface area contributed by atoms with Crippen molar-refractivity contribution in [2.75, 3.05) is 0 Å². The Labute approximate surface area is 99.9 Å². The van der Waals surface area contributed by atoms with E-state index < -0.39 is 8.32 Å². The summed E-state index contributed by atoms with van der Waals surface area (Å²) in [5.41, 5.74) is 0.653. The van der Waals surface area contributed by atoms with Crippen LogP contribution in [-0.2, 0) is 0 Å². The molecule has 0 amide bonds. The van der Waals surface area contributed by atoms with Crippen LogP contribution >= 0.6 is 15.9 Å². The van der Waals surface area contributed by atoms with Crippen LogP contribution < -0.4 is 4.43 Å². The topological polar surface area (TPSA) is 26.3 Å². The molecule has 1 aromatic carbocycles. The lowest BCUT2D eigenvalue weighted by Gasteiger charge is -2.21. The SMILES string of the molecule is CC(=O)c1ccc(Br)cc1O[Si](C)(C)C. The number of hydrogen-bond acceptors (Lipinski definition) is 2. The van der Waals surface area contributed by atoms with Gasteiger partial charge in [0.25, 0.3) is 0 Å². The zero-order chi connectivity index (χ0) is 11.6. The Morgan fingerprint density at radius 3 is 2.40 bits per heavy atom. The lowest BCUT2D eigenvalue weighted by atomic mass is 10.1. The van der Waals surface area contributed by atoms with E-state index in [1.807, 2.05) is 12.1 Å². The molecule has 0 atom stereocenters. The van der Waals surface area contributed by atoms with Crippen molar-refractivity contribution in [2.45, 2.75) is 26.6 Å². The van der Waals surface area contributed by atoms with Crippen molar-refractivity contribution in [3.63, 3.8) is 0 Å². The molecular formula is C11H15BrO2Si.